The molecule has 32 heavy (non-hydrogen) atoms. The Labute approximate surface area is 197 Å². The maximum atomic E-state index is 12.7. The van der Waals surface area contributed by atoms with Gasteiger partial charge in [0.2, 0.25) is 0 Å². The zero-order valence-electron chi connectivity index (χ0n) is 20.1. The van der Waals surface area contributed by atoms with Crippen LogP contribution in [0.1, 0.15) is 84.5 Å². The predicted octanol–water partition coefficient (Wildman–Crippen LogP) is 6.90. The van der Waals surface area contributed by atoms with Crippen LogP contribution in [0.5, 0.6) is 0 Å². The van der Waals surface area contributed by atoms with Gasteiger partial charge in [0, 0.05) is 10.6 Å². The summed E-state index contributed by atoms with van der Waals surface area (Å²) in [4.78, 5) is 0.982. The van der Waals surface area contributed by atoms with Crippen molar-refractivity contribution in [2.75, 3.05) is 5.75 Å². The van der Waals surface area contributed by atoms with Crippen molar-refractivity contribution in [3.05, 3.63) is 42.0 Å². The fourth-order valence-electron chi connectivity index (χ4n) is 8.40. The molecule has 0 saturated heterocycles. The van der Waals surface area contributed by atoms with Gasteiger partial charge in [0.25, 0.3) is 0 Å². The number of allylic oxidation sites excluding steroid dienone is 1. The summed E-state index contributed by atoms with van der Waals surface area (Å²) < 4.78 is 12.7. The quantitative estimate of drug-likeness (QED) is 0.474. The highest BCUT2D eigenvalue weighted by atomic mass is 32.2. The van der Waals surface area contributed by atoms with Gasteiger partial charge < -0.3 is 5.11 Å². The summed E-state index contributed by atoms with van der Waals surface area (Å²) in [5, 5.41) is 10.9. The summed E-state index contributed by atoms with van der Waals surface area (Å²) in [6, 6.07) is 9.99. The van der Waals surface area contributed by atoms with Crippen molar-refractivity contribution in [2.24, 2.45) is 35.0 Å². The van der Waals surface area contributed by atoms with Crippen LogP contribution < -0.4 is 0 Å². The van der Waals surface area contributed by atoms with Crippen LogP contribution in [0.3, 0.4) is 0 Å². The highest BCUT2D eigenvalue weighted by molar-refractivity contribution is 7.85. The Kier molecular flexibility index (Phi) is 6.44. The van der Waals surface area contributed by atoms with Gasteiger partial charge in [0.1, 0.15) is 0 Å². The van der Waals surface area contributed by atoms with E-state index in [2.05, 4.69) is 19.9 Å². The molecule has 176 valence electrons. The fraction of sp³-hybridized carbons (Fsp3) is 0.724. The minimum atomic E-state index is -0.854. The second kappa shape index (κ2) is 9.02. The molecule has 8 atom stereocenters. The standard InChI is InChI=1S/C29H42O2S/c1-3-29(30)18-16-24-21(20-29)11-13-26-25(24)15-17-28(2)22(12-14-27(26)28)8-7-19-32(31)23-9-5-4-6-10-23/h4-6,9-11,22,24-27,30H,3,7-8,12-20H2,1-2H3/t22?,24?,25?,26?,27?,28?,29-,32?/m0/s1. The fourth-order valence-corrected chi connectivity index (χ4v) is 9.53. The van der Waals surface area contributed by atoms with Crippen molar-refractivity contribution >= 4 is 10.8 Å². The molecule has 0 radical (unpaired) electrons. The first-order valence-electron chi connectivity index (χ1n) is 13.3. The van der Waals surface area contributed by atoms with Crippen LogP contribution in [0, 0.1) is 35.0 Å². The van der Waals surface area contributed by atoms with E-state index >= 15 is 0 Å². The van der Waals surface area contributed by atoms with Crippen molar-refractivity contribution in [2.45, 2.75) is 95.0 Å². The second-order valence-corrected chi connectivity index (χ2v) is 13.2. The topological polar surface area (TPSA) is 37.3 Å². The third-order valence-electron chi connectivity index (χ3n) is 10.3. The largest absolute Gasteiger partial charge is 0.390 e. The summed E-state index contributed by atoms with van der Waals surface area (Å²) in [6.45, 7) is 4.75. The molecule has 0 amide bonds. The minimum absolute atomic E-state index is 0.434. The zero-order valence-corrected chi connectivity index (χ0v) is 20.9. The van der Waals surface area contributed by atoms with Gasteiger partial charge in [-0.25, -0.2) is 0 Å². The minimum Gasteiger partial charge on any atom is -0.390 e. The molecule has 0 heterocycles. The number of rotatable bonds is 6. The molecule has 0 aromatic heterocycles. The van der Waals surface area contributed by atoms with Crippen LogP contribution in [0.25, 0.3) is 0 Å². The van der Waals surface area contributed by atoms with E-state index in [1.807, 2.05) is 30.3 Å². The molecule has 4 aliphatic carbocycles. The van der Waals surface area contributed by atoms with E-state index in [-0.39, 0.29) is 0 Å². The van der Waals surface area contributed by atoms with E-state index in [0.717, 1.165) is 65.9 Å². The molecular weight excluding hydrogens is 412 g/mol. The lowest BCUT2D eigenvalue weighted by atomic mass is 9.51. The van der Waals surface area contributed by atoms with Gasteiger partial charge in [-0.05, 0) is 118 Å². The second-order valence-electron chi connectivity index (χ2n) is 11.7. The van der Waals surface area contributed by atoms with Crippen LogP contribution in [0.2, 0.25) is 0 Å². The Hall–Kier alpha value is -0.930. The SMILES string of the molecule is CC[C@]1(O)CCC2C(=CCC3C2CCC2(C)C(CCCS(=O)c4ccccc4)CCC32)C1. The van der Waals surface area contributed by atoms with Crippen molar-refractivity contribution in [3.63, 3.8) is 0 Å². The van der Waals surface area contributed by atoms with Gasteiger partial charge >= 0.3 is 0 Å². The molecule has 1 N–H and O–H groups in total. The maximum absolute atomic E-state index is 12.7. The molecular formula is C29H42O2S. The van der Waals surface area contributed by atoms with Crippen molar-refractivity contribution < 1.29 is 9.32 Å². The summed E-state index contributed by atoms with van der Waals surface area (Å²) >= 11 is 0. The lowest BCUT2D eigenvalue weighted by Gasteiger charge is -2.54. The Morgan fingerprint density at radius 3 is 2.66 bits per heavy atom. The van der Waals surface area contributed by atoms with Crippen LogP contribution in [-0.2, 0) is 10.8 Å². The molecule has 0 spiro atoms. The molecule has 0 aliphatic heterocycles. The first kappa shape index (κ1) is 22.8. The molecule has 3 saturated carbocycles. The van der Waals surface area contributed by atoms with Crippen LogP contribution in [-0.4, -0.2) is 20.7 Å². The molecule has 1 aromatic rings. The maximum Gasteiger partial charge on any atom is 0.0682 e. The molecule has 3 heteroatoms. The van der Waals surface area contributed by atoms with Crippen LogP contribution in [0.4, 0.5) is 0 Å². The Morgan fingerprint density at radius 2 is 1.88 bits per heavy atom. The van der Waals surface area contributed by atoms with E-state index in [1.54, 1.807) is 5.57 Å². The highest BCUT2D eigenvalue weighted by Gasteiger charge is 2.56. The van der Waals surface area contributed by atoms with Crippen molar-refractivity contribution in [1.29, 1.82) is 0 Å². The Balaban J connectivity index is 1.22. The summed E-state index contributed by atoms with van der Waals surface area (Å²) in [7, 11) is -0.854. The molecule has 2 nitrogen and oxygen atoms in total. The molecule has 1 aromatic carbocycles. The average Bonchev–Trinajstić information content (AvgIpc) is 3.15. The third kappa shape index (κ3) is 4.06. The summed E-state index contributed by atoms with van der Waals surface area (Å²) in [5.74, 6) is 4.95. The Bertz CT molecular complexity index is 863. The van der Waals surface area contributed by atoms with E-state index < -0.39 is 16.4 Å². The van der Waals surface area contributed by atoms with Crippen LogP contribution in [0.15, 0.2) is 46.9 Å². The lowest BCUT2D eigenvalue weighted by molar-refractivity contribution is -0.0405. The summed E-state index contributed by atoms with van der Waals surface area (Å²) in [6.07, 6.45) is 15.7. The van der Waals surface area contributed by atoms with Gasteiger partial charge in [0.15, 0.2) is 0 Å². The van der Waals surface area contributed by atoms with E-state index in [0.29, 0.717) is 5.41 Å². The third-order valence-corrected chi connectivity index (χ3v) is 11.8. The predicted molar refractivity (Wildman–Crippen MR) is 133 cm³/mol. The van der Waals surface area contributed by atoms with Gasteiger partial charge in [-0.15, -0.1) is 0 Å². The smallest absolute Gasteiger partial charge is 0.0682 e. The average molecular weight is 455 g/mol. The number of benzene rings is 1. The normalized spacial score (nSPS) is 41.8. The first-order valence-corrected chi connectivity index (χ1v) is 14.6. The van der Waals surface area contributed by atoms with E-state index in [9.17, 15) is 9.32 Å². The number of aliphatic hydroxyl groups is 1. The first-order chi connectivity index (χ1) is 15.4. The lowest BCUT2D eigenvalue weighted by Crippen LogP contribution is -2.47. The monoisotopic (exact) mass is 454 g/mol. The molecule has 7 unspecified atom stereocenters. The van der Waals surface area contributed by atoms with E-state index in [1.165, 1.54) is 44.9 Å². The van der Waals surface area contributed by atoms with Crippen LogP contribution >= 0.6 is 0 Å². The number of fused-ring (bicyclic) bond motifs is 5. The molecule has 4 aliphatic rings. The van der Waals surface area contributed by atoms with Gasteiger partial charge in [-0.3, -0.25) is 4.21 Å². The van der Waals surface area contributed by atoms with E-state index in [4.69, 9.17) is 0 Å². The Morgan fingerprint density at radius 1 is 1.06 bits per heavy atom. The summed E-state index contributed by atoms with van der Waals surface area (Å²) in [5.41, 5.74) is 1.65. The van der Waals surface area contributed by atoms with Crippen molar-refractivity contribution in [1.82, 2.24) is 0 Å². The van der Waals surface area contributed by atoms with Gasteiger partial charge in [-0.1, -0.05) is 43.7 Å². The highest BCUT2D eigenvalue weighted by Crippen LogP contribution is 2.64. The molecule has 5 rings (SSSR count). The van der Waals surface area contributed by atoms with Crippen molar-refractivity contribution in [3.8, 4) is 0 Å². The zero-order chi connectivity index (χ0) is 22.3. The van der Waals surface area contributed by atoms with Gasteiger partial charge in [0.05, 0.1) is 16.4 Å². The molecule has 0 bridgehead atoms. The number of hydrogen-bond acceptors (Lipinski definition) is 2. The number of hydrogen-bond donors (Lipinski definition) is 1. The molecule has 3 fully saturated rings. The van der Waals surface area contributed by atoms with Gasteiger partial charge in [-0.2, -0.15) is 0 Å².